The number of anilines is 2. The van der Waals surface area contributed by atoms with E-state index in [0.29, 0.717) is 6.42 Å². The molecule has 0 aliphatic rings. The summed E-state index contributed by atoms with van der Waals surface area (Å²) in [4.78, 5) is 55.9. The molecule has 0 atom stereocenters. The van der Waals surface area contributed by atoms with Gasteiger partial charge in [0.05, 0.1) is 6.54 Å². The van der Waals surface area contributed by atoms with Gasteiger partial charge in [-0.15, -0.1) is 6.42 Å². The average molecular weight is 476 g/mol. The number of hydrogen-bond acceptors (Lipinski definition) is 5. The lowest BCUT2D eigenvalue weighted by molar-refractivity contribution is -0.116. The van der Waals surface area contributed by atoms with E-state index in [-0.39, 0.29) is 50.0 Å². The summed E-state index contributed by atoms with van der Waals surface area (Å²) in [5.41, 5.74) is 6.39. The minimum absolute atomic E-state index is 0.00215. The fraction of sp³-hybridized carbons (Fsp3) is 0.409. The fourth-order valence-electron chi connectivity index (χ4n) is 3.27. The Hall–Kier alpha value is -3.12. The number of carbonyl (C=O) groups is 1. The first-order chi connectivity index (χ1) is 15.6. The molecule has 2 rings (SSSR count). The lowest BCUT2D eigenvalue weighted by Crippen LogP contribution is -2.42. The highest BCUT2D eigenvalue weighted by Crippen LogP contribution is 2.35. The van der Waals surface area contributed by atoms with Crippen molar-refractivity contribution in [2.24, 2.45) is 0 Å². The molecule has 0 aliphatic heterocycles. The van der Waals surface area contributed by atoms with Crippen molar-refractivity contribution in [2.75, 3.05) is 17.2 Å². The quantitative estimate of drug-likeness (QED) is 0.216. The van der Waals surface area contributed by atoms with Crippen LogP contribution < -0.4 is 22.3 Å². The zero-order valence-electron chi connectivity index (χ0n) is 18.5. The minimum atomic E-state index is -4.16. The zero-order valence-corrected chi connectivity index (χ0v) is 19.4. The van der Waals surface area contributed by atoms with Crippen LogP contribution in [0.3, 0.4) is 0 Å². The van der Waals surface area contributed by atoms with Gasteiger partial charge in [-0.2, -0.15) is 0 Å². The first-order valence-corrected chi connectivity index (χ1v) is 12.4. The number of nitrogens with one attached hydrogen (secondary N) is 1. The van der Waals surface area contributed by atoms with Gasteiger partial charge in [0.2, 0.25) is 5.91 Å². The number of nitrogens with two attached hydrogens (primary N) is 1. The van der Waals surface area contributed by atoms with Crippen molar-refractivity contribution in [2.45, 2.75) is 52.1 Å². The Morgan fingerprint density at radius 3 is 2.36 bits per heavy atom. The molecule has 0 saturated heterocycles. The summed E-state index contributed by atoms with van der Waals surface area (Å²) < 4.78 is 12.9. The Bertz CT molecular complexity index is 1190. The lowest BCUT2D eigenvalue weighted by atomic mass is 10.1. The van der Waals surface area contributed by atoms with E-state index >= 15 is 0 Å². The van der Waals surface area contributed by atoms with E-state index in [2.05, 4.69) is 18.2 Å². The van der Waals surface area contributed by atoms with Crippen LogP contribution in [0.1, 0.15) is 37.3 Å². The van der Waals surface area contributed by atoms with Crippen LogP contribution in [0.5, 0.6) is 0 Å². The van der Waals surface area contributed by atoms with Gasteiger partial charge in [-0.1, -0.05) is 37.1 Å². The summed E-state index contributed by atoms with van der Waals surface area (Å²) in [7, 11) is -4.16. The topological polar surface area (TPSA) is 157 Å². The highest BCUT2D eigenvalue weighted by molar-refractivity contribution is 7.51. The number of benzene rings is 1. The van der Waals surface area contributed by atoms with Gasteiger partial charge in [0.1, 0.15) is 11.5 Å². The van der Waals surface area contributed by atoms with E-state index in [4.69, 9.17) is 21.9 Å². The smallest absolute Gasteiger partial charge is 0.333 e. The number of nitrogen functional groups attached to an aromatic ring is 1. The third-order valence-corrected chi connectivity index (χ3v) is 6.03. The second-order valence-corrected chi connectivity index (χ2v) is 9.38. The summed E-state index contributed by atoms with van der Waals surface area (Å²) >= 11 is 0. The van der Waals surface area contributed by atoms with Gasteiger partial charge in [0.15, 0.2) is 0 Å². The SMILES string of the molecule is C#CCn1c(=O)c(NC(=O)CCc2ccc(CC)cc2)c(N)n(CCCCP(=O)(O)O)c1=O. The molecule has 0 bridgehead atoms. The Labute approximate surface area is 191 Å². The molecule has 11 heteroatoms. The molecular weight excluding hydrogens is 447 g/mol. The number of unbranched alkanes of at least 4 members (excludes halogenated alkanes) is 1. The number of aromatic nitrogens is 2. The maximum atomic E-state index is 12.8. The number of nitrogens with zero attached hydrogens (tertiary/aromatic N) is 2. The summed E-state index contributed by atoms with van der Waals surface area (Å²) in [6.07, 6.45) is 6.78. The van der Waals surface area contributed by atoms with E-state index in [1.54, 1.807) is 0 Å². The van der Waals surface area contributed by atoms with Gasteiger partial charge in [0.25, 0.3) is 5.56 Å². The Morgan fingerprint density at radius 1 is 1.15 bits per heavy atom. The van der Waals surface area contributed by atoms with Crippen molar-refractivity contribution in [1.82, 2.24) is 9.13 Å². The zero-order chi connectivity index (χ0) is 24.6. The molecule has 0 unspecified atom stereocenters. The van der Waals surface area contributed by atoms with Crippen LogP contribution >= 0.6 is 7.60 Å². The summed E-state index contributed by atoms with van der Waals surface area (Å²) in [5.74, 6) is 1.56. The summed E-state index contributed by atoms with van der Waals surface area (Å²) in [5, 5.41) is 2.50. The standard InChI is InChI=1S/C22H29N4O6P/c1-3-13-26-21(28)19(20(23)25(22(26)29)14-5-6-15-33(30,31)32)24-18(27)12-11-17-9-7-16(4-2)8-10-17/h1,7-10H,4-6,11-15,23H2,2H3,(H,24,27)(H2,30,31,32). The maximum absolute atomic E-state index is 12.8. The van der Waals surface area contributed by atoms with E-state index in [1.807, 2.05) is 24.3 Å². The molecule has 0 spiro atoms. The molecule has 1 amide bonds. The lowest BCUT2D eigenvalue weighted by Gasteiger charge is -2.16. The van der Waals surface area contributed by atoms with Crippen LogP contribution in [0.4, 0.5) is 11.5 Å². The van der Waals surface area contributed by atoms with Crippen molar-refractivity contribution in [3.63, 3.8) is 0 Å². The van der Waals surface area contributed by atoms with Gasteiger partial charge < -0.3 is 20.8 Å². The third kappa shape index (κ3) is 7.46. The van der Waals surface area contributed by atoms with E-state index in [9.17, 15) is 18.9 Å². The van der Waals surface area contributed by atoms with Gasteiger partial charge in [-0.3, -0.25) is 18.7 Å². The maximum Gasteiger partial charge on any atom is 0.333 e. The molecule has 0 saturated carbocycles. The number of hydrogen-bond donors (Lipinski definition) is 4. The molecular formula is C22H29N4O6P. The van der Waals surface area contributed by atoms with Crippen LogP contribution in [0.2, 0.25) is 0 Å². The summed E-state index contributed by atoms with van der Waals surface area (Å²) in [6.45, 7) is 1.74. The number of carbonyl (C=O) groups excluding carboxylic acids is 1. The van der Waals surface area contributed by atoms with E-state index in [1.165, 1.54) is 5.56 Å². The predicted molar refractivity (Wildman–Crippen MR) is 127 cm³/mol. The third-order valence-electron chi connectivity index (χ3n) is 5.13. The van der Waals surface area contributed by atoms with E-state index < -0.39 is 24.8 Å². The molecule has 10 nitrogen and oxygen atoms in total. The van der Waals surface area contributed by atoms with E-state index in [0.717, 1.165) is 21.1 Å². The second-order valence-electron chi connectivity index (χ2n) is 7.60. The van der Waals surface area contributed by atoms with Crippen molar-refractivity contribution in [3.05, 3.63) is 56.2 Å². The fourth-order valence-corrected chi connectivity index (χ4v) is 3.90. The van der Waals surface area contributed by atoms with Crippen LogP contribution in [0.15, 0.2) is 33.9 Å². The molecule has 5 N–H and O–H groups in total. The molecule has 1 aromatic heterocycles. The van der Waals surface area contributed by atoms with Gasteiger partial charge in [0, 0.05) is 19.1 Å². The van der Waals surface area contributed by atoms with Crippen LogP contribution in [-0.2, 0) is 35.3 Å². The van der Waals surface area contributed by atoms with Gasteiger partial charge in [-0.05, 0) is 36.8 Å². The Morgan fingerprint density at radius 2 is 1.79 bits per heavy atom. The summed E-state index contributed by atoms with van der Waals surface area (Å²) in [6, 6.07) is 7.87. The number of rotatable bonds is 11. The first kappa shape index (κ1) is 26.1. The molecule has 178 valence electrons. The molecule has 33 heavy (non-hydrogen) atoms. The molecule has 1 aromatic carbocycles. The molecule has 0 radical (unpaired) electrons. The Balaban J connectivity index is 2.21. The highest BCUT2D eigenvalue weighted by atomic mass is 31.2. The van der Waals surface area contributed by atoms with Gasteiger partial charge in [-0.25, -0.2) is 9.36 Å². The monoisotopic (exact) mass is 476 g/mol. The molecule has 0 fully saturated rings. The Kier molecular flexibility index (Phi) is 9.23. The number of amides is 1. The van der Waals surface area contributed by atoms with Crippen LogP contribution in [0.25, 0.3) is 0 Å². The van der Waals surface area contributed by atoms with Crippen molar-refractivity contribution in [3.8, 4) is 12.3 Å². The minimum Gasteiger partial charge on any atom is -0.383 e. The van der Waals surface area contributed by atoms with Crippen molar-refractivity contribution >= 4 is 25.0 Å². The van der Waals surface area contributed by atoms with Crippen molar-refractivity contribution in [1.29, 1.82) is 0 Å². The highest BCUT2D eigenvalue weighted by Gasteiger charge is 2.19. The average Bonchev–Trinajstić information content (AvgIpc) is 2.77. The number of aryl methyl sites for hydroxylation is 2. The molecule has 1 heterocycles. The number of terminal acetylenes is 1. The van der Waals surface area contributed by atoms with Crippen LogP contribution in [0, 0.1) is 12.3 Å². The molecule has 0 aliphatic carbocycles. The van der Waals surface area contributed by atoms with Crippen molar-refractivity contribution < 1.29 is 19.1 Å². The largest absolute Gasteiger partial charge is 0.383 e. The van der Waals surface area contributed by atoms with Crippen LogP contribution in [-0.4, -0.2) is 31.0 Å². The first-order valence-electron chi connectivity index (χ1n) is 10.6. The predicted octanol–water partition coefficient (Wildman–Crippen LogP) is 1.32. The van der Waals surface area contributed by atoms with Gasteiger partial charge >= 0.3 is 13.3 Å². The molecule has 2 aromatic rings. The second kappa shape index (κ2) is 11.7. The normalized spacial score (nSPS) is 11.2.